The van der Waals surface area contributed by atoms with Crippen LogP contribution >= 0.6 is 0 Å². The molecule has 2 rings (SSSR count). The maximum Gasteiger partial charge on any atom is 0.410 e. The van der Waals surface area contributed by atoms with Gasteiger partial charge in [-0.1, -0.05) is 12.1 Å². The van der Waals surface area contributed by atoms with E-state index in [1.54, 1.807) is 17.2 Å². The normalized spacial score (nSPS) is 22.6. The average molecular weight is 310 g/mol. The van der Waals surface area contributed by atoms with Crippen LogP contribution in [0.3, 0.4) is 0 Å². The Morgan fingerprint density at radius 3 is 2.86 bits per heavy atom. The Morgan fingerprint density at radius 2 is 2.27 bits per heavy atom. The smallest absolute Gasteiger partial charge is 0.410 e. The number of carbonyl (C=O) groups is 1. The Balaban J connectivity index is 1.97. The number of carbonyl (C=O) groups excluding carboxylic acids is 1. The molecule has 1 unspecified atom stereocenters. The third-order valence-corrected chi connectivity index (χ3v) is 3.85. The minimum Gasteiger partial charge on any atom is -0.444 e. The molecule has 0 N–H and O–H groups in total. The van der Waals surface area contributed by atoms with Gasteiger partial charge in [0.2, 0.25) is 0 Å². The Morgan fingerprint density at radius 1 is 1.50 bits per heavy atom. The van der Waals surface area contributed by atoms with Crippen molar-refractivity contribution in [1.29, 1.82) is 0 Å². The maximum absolute atomic E-state index is 12.3. The molecule has 0 bridgehead atoms. The van der Waals surface area contributed by atoms with Crippen LogP contribution in [0.15, 0.2) is 16.8 Å². The van der Waals surface area contributed by atoms with Crippen LogP contribution in [0.2, 0.25) is 0 Å². The van der Waals surface area contributed by atoms with E-state index >= 15 is 0 Å². The summed E-state index contributed by atoms with van der Waals surface area (Å²) in [6.45, 7) is 9.34. The third-order valence-electron chi connectivity index (χ3n) is 3.85. The van der Waals surface area contributed by atoms with Crippen molar-refractivity contribution < 1.29 is 18.8 Å². The van der Waals surface area contributed by atoms with Gasteiger partial charge >= 0.3 is 6.09 Å². The van der Waals surface area contributed by atoms with Crippen molar-refractivity contribution in [2.45, 2.75) is 64.8 Å². The second kappa shape index (κ2) is 6.69. The van der Waals surface area contributed by atoms with Crippen molar-refractivity contribution in [3.63, 3.8) is 0 Å². The molecule has 1 aromatic rings. The van der Waals surface area contributed by atoms with Crippen LogP contribution in [0.5, 0.6) is 0 Å². The van der Waals surface area contributed by atoms with Gasteiger partial charge in [-0.05, 0) is 40.0 Å². The molecule has 1 aliphatic heterocycles. The summed E-state index contributed by atoms with van der Waals surface area (Å²) in [5.74, 6) is 0.696. The van der Waals surface area contributed by atoms with Crippen molar-refractivity contribution in [2.24, 2.45) is 0 Å². The van der Waals surface area contributed by atoms with Crippen molar-refractivity contribution in [3.05, 3.63) is 18.0 Å². The van der Waals surface area contributed by atoms with Gasteiger partial charge in [0.25, 0.3) is 0 Å². The molecule has 0 spiro atoms. The number of nitrogens with zero attached hydrogens (tertiary/aromatic N) is 2. The van der Waals surface area contributed by atoms with Crippen molar-refractivity contribution >= 4 is 6.09 Å². The molecule has 0 radical (unpaired) electrons. The standard InChI is InChI=1S/C16H26N2O4/c1-5-16(20-11-13-7-9-17-22-13)8-6-10-18(12-16)14(19)21-15(2,3)4/h7,9H,5-6,8,10-12H2,1-4H3. The topological polar surface area (TPSA) is 64.8 Å². The van der Waals surface area contributed by atoms with Crippen molar-refractivity contribution in [1.82, 2.24) is 10.1 Å². The summed E-state index contributed by atoms with van der Waals surface area (Å²) in [4.78, 5) is 14.0. The van der Waals surface area contributed by atoms with E-state index in [-0.39, 0.29) is 11.7 Å². The zero-order valence-electron chi connectivity index (χ0n) is 13.9. The van der Waals surface area contributed by atoms with Crippen LogP contribution in [0.1, 0.15) is 52.7 Å². The Kier molecular flexibility index (Phi) is 5.11. The highest BCUT2D eigenvalue weighted by atomic mass is 16.6. The molecular formula is C16H26N2O4. The van der Waals surface area contributed by atoms with Gasteiger partial charge in [-0.2, -0.15) is 0 Å². The van der Waals surface area contributed by atoms with E-state index < -0.39 is 5.60 Å². The first-order valence-corrected chi connectivity index (χ1v) is 7.85. The van der Waals surface area contributed by atoms with E-state index in [1.807, 2.05) is 20.8 Å². The minimum absolute atomic E-state index is 0.270. The number of amides is 1. The second-order valence-electron chi connectivity index (χ2n) is 6.81. The van der Waals surface area contributed by atoms with Crippen molar-refractivity contribution in [2.75, 3.05) is 13.1 Å². The summed E-state index contributed by atoms with van der Waals surface area (Å²) in [5.41, 5.74) is -0.827. The molecule has 6 nitrogen and oxygen atoms in total. The average Bonchev–Trinajstić information content (AvgIpc) is 2.97. The molecule has 1 saturated heterocycles. The molecule has 2 heterocycles. The Bertz CT molecular complexity index is 481. The Labute approximate surface area is 131 Å². The van der Waals surface area contributed by atoms with Crippen LogP contribution in [0.25, 0.3) is 0 Å². The van der Waals surface area contributed by atoms with Gasteiger partial charge in [-0.25, -0.2) is 4.79 Å². The fourth-order valence-corrected chi connectivity index (χ4v) is 2.63. The van der Waals surface area contributed by atoms with Crippen LogP contribution in [-0.2, 0) is 16.1 Å². The predicted octanol–water partition coefficient (Wildman–Crippen LogP) is 3.37. The highest BCUT2D eigenvalue weighted by Crippen LogP contribution is 2.30. The molecule has 1 aliphatic rings. The first kappa shape index (κ1) is 16.8. The maximum atomic E-state index is 12.3. The van der Waals surface area contributed by atoms with E-state index in [4.69, 9.17) is 14.0 Å². The van der Waals surface area contributed by atoms with E-state index in [0.29, 0.717) is 25.5 Å². The zero-order valence-corrected chi connectivity index (χ0v) is 13.9. The van der Waals surface area contributed by atoms with Gasteiger partial charge in [-0.15, -0.1) is 0 Å². The molecule has 1 aromatic heterocycles. The second-order valence-corrected chi connectivity index (χ2v) is 6.81. The first-order chi connectivity index (χ1) is 10.3. The summed E-state index contributed by atoms with van der Waals surface area (Å²) in [5, 5.41) is 3.68. The highest BCUT2D eigenvalue weighted by molar-refractivity contribution is 5.68. The Hall–Kier alpha value is -1.56. The van der Waals surface area contributed by atoms with Gasteiger partial charge in [-0.3, -0.25) is 0 Å². The van der Waals surface area contributed by atoms with Crippen LogP contribution in [-0.4, -0.2) is 40.4 Å². The number of rotatable bonds is 4. The number of likely N-dealkylation sites (tertiary alicyclic amines) is 1. The summed E-state index contributed by atoms with van der Waals surface area (Å²) in [6.07, 6.45) is 4.00. The molecule has 6 heteroatoms. The highest BCUT2D eigenvalue weighted by Gasteiger charge is 2.38. The number of aromatic nitrogens is 1. The van der Waals surface area contributed by atoms with Crippen LogP contribution in [0.4, 0.5) is 4.79 Å². The van der Waals surface area contributed by atoms with Crippen molar-refractivity contribution in [3.8, 4) is 0 Å². The van der Waals surface area contributed by atoms with Gasteiger partial charge in [0, 0.05) is 12.6 Å². The van der Waals surface area contributed by atoms with Gasteiger partial charge < -0.3 is 18.9 Å². The third kappa shape index (κ3) is 4.47. The first-order valence-electron chi connectivity index (χ1n) is 7.85. The lowest BCUT2D eigenvalue weighted by molar-refractivity contribution is -0.106. The molecule has 0 aromatic carbocycles. The quantitative estimate of drug-likeness (QED) is 0.853. The minimum atomic E-state index is -0.482. The molecular weight excluding hydrogens is 284 g/mol. The monoisotopic (exact) mass is 310 g/mol. The lowest BCUT2D eigenvalue weighted by Crippen LogP contribution is -2.52. The van der Waals surface area contributed by atoms with E-state index in [0.717, 1.165) is 19.3 Å². The summed E-state index contributed by atoms with van der Waals surface area (Å²) < 4.78 is 16.6. The van der Waals surface area contributed by atoms with Gasteiger partial charge in [0.05, 0.1) is 18.3 Å². The molecule has 0 saturated carbocycles. The molecule has 0 aliphatic carbocycles. The van der Waals surface area contributed by atoms with E-state index in [2.05, 4.69) is 12.1 Å². The summed E-state index contributed by atoms with van der Waals surface area (Å²) in [7, 11) is 0. The SMILES string of the molecule is CCC1(OCc2ccno2)CCCN(C(=O)OC(C)(C)C)C1. The summed E-state index contributed by atoms with van der Waals surface area (Å²) >= 11 is 0. The van der Waals surface area contributed by atoms with Gasteiger partial charge in [0.1, 0.15) is 12.2 Å². The zero-order chi connectivity index (χ0) is 16.2. The fraction of sp³-hybridized carbons (Fsp3) is 0.750. The number of hydrogen-bond donors (Lipinski definition) is 0. The lowest BCUT2D eigenvalue weighted by Gasteiger charge is -2.42. The molecule has 22 heavy (non-hydrogen) atoms. The molecule has 1 amide bonds. The molecule has 124 valence electrons. The lowest BCUT2D eigenvalue weighted by atomic mass is 9.90. The largest absolute Gasteiger partial charge is 0.444 e. The summed E-state index contributed by atoms with van der Waals surface area (Å²) in [6, 6.07) is 1.79. The van der Waals surface area contributed by atoms with E-state index in [9.17, 15) is 4.79 Å². The van der Waals surface area contributed by atoms with Crippen LogP contribution < -0.4 is 0 Å². The molecule has 1 atom stereocenters. The van der Waals surface area contributed by atoms with Crippen LogP contribution in [0, 0.1) is 0 Å². The van der Waals surface area contributed by atoms with E-state index in [1.165, 1.54) is 0 Å². The van der Waals surface area contributed by atoms with Gasteiger partial charge in [0.15, 0.2) is 5.76 Å². The molecule has 1 fully saturated rings. The number of hydrogen-bond acceptors (Lipinski definition) is 5. The number of ether oxygens (including phenoxy) is 2. The fourth-order valence-electron chi connectivity index (χ4n) is 2.63. The number of piperidine rings is 1. The predicted molar refractivity (Wildman–Crippen MR) is 81.4 cm³/mol.